The lowest BCUT2D eigenvalue weighted by molar-refractivity contribution is 0.0326. The second-order valence-corrected chi connectivity index (χ2v) is 13.2. The van der Waals surface area contributed by atoms with Crippen molar-refractivity contribution in [1.82, 2.24) is 15.2 Å². The van der Waals surface area contributed by atoms with Gasteiger partial charge >= 0.3 is 0 Å². The van der Waals surface area contributed by atoms with Crippen molar-refractivity contribution >= 4 is 5.91 Å². The molecule has 44 heavy (non-hydrogen) atoms. The Hall–Kier alpha value is -3.42. The molecule has 0 unspecified atom stereocenters. The summed E-state index contributed by atoms with van der Waals surface area (Å²) >= 11 is 0. The minimum absolute atomic E-state index is 0.0603. The topological polar surface area (TPSA) is 92.6 Å². The molecule has 7 nitrogen and oxygen atoms in total. The monoisotopic (exact) mass is 597 g/mol. The molecule has 0 saturated heterocycles. The van der Waals surface area contributed by atoms with Crippen LogP contribution >= 0.6 is 0 Å². The molecule has 1 aliphatic heterocycles. The van der Waals surface area contributed by atoms with Gasteiger partial charge in [-0.05, 0) is 74.6 Å². The smallest absolute Gasteiger partial charge is 0.253 e. The SMILES string of the molecule is CCc1ccc2c(c1)[C@@H](NC[C@@H](O)[C@H](Cc1ccccc1)NC(=O)c1ccc(=O)n(C3CCCCC3)c1)CC1(CCCC1)O2. The number of nitrogens with zero attached hydrogens (tertiary/aromatic N) is 1. The van der Waals surface area contributed by atoms with Crippen LogP contribution in [-0.4, -0.2) is 39.9 Å². The second kappa shape index (κ2) is 13.7. The summed E-state index contributed by atoms with van der Waals surface area (Å²) in [5.41, 5.74) is 3.69. The highest BCUT2D eigenvalue weighted by Gasteiger charge is 2.43. The number of carbonyl (C=O) groups excluding carboxylic acids is 1. The quantitative estimate of drug-likeness (QED) is 0.265. The first-order chi connectivity index (χ1) is 21.4. The Morgan fingerprint density at radius 1 is 1.00 bits per heavy atom. The third kappa shape index (κ3) is 6.94. The fourth-order valence-electron chi connectivity index (χ4n) is 7.54. The Morgan fingerprint density at radius 3 is 2.52 bits per heavy atom. The van der Waals surface area contributed by atoms with Gasteiger partial charge in [0.25, 0.3) is 11.5 Å². The number of benzene rings is 2. The summed E-state index contributed by atoms with van der Waals surface area (Å²) in [6.45, 7) is 2.49. The van der Waals surface area contributed by atoms with Crippen LogP contribution in [0.2, 0.25) is 0 Å². The number of nitrogens with one attached hydrogen (secondary N) is 2. The van der Waals surface area contributed by atoms with E-state index in [0.29, 0.717) is 18.5 Å². The molecule has 1 aromatic heterocycles. The Bertz CT molecular complexity index is 1470. The Labute approximate surface area is 261 Å². The van der Waals surface area contributed by atoms with Crippen molar-refractivity contribution in [3.8, 4) is 5.75 Å². The van der Waals surface area contributed by atoms with Crippen molar-refractivity contribution in [3.63, 3.8) is 0 Å². The number of aromatic nitrogens is 1. The number of pyridine rings is 1. The molecule has 2 aliphatic carbocycles. The lowest BCUT2D eigenvalue weighted by atomic mass is 9.85. The van der Waals surface area contributed by atoms with E-state index in [9.17, 15) is 14.7 Å². The number of ether oxygens (including phenoxy) is 1. The number of carbonyl (C=O) groups is 1. The summed E-state index contributed by atoms with van der Waals surface area (Å²) in [7, 11) is 0. The molecule has 6 rings (SSSR count). The highest BCUT2D eigenvalue weighted by molar-refractivity contribution is 5.94. The molecule has 3 aromatic rings. The maximum absolute atomic E-state index is 13.6. The van der Waals surface area contributed by atoms with Gasteiger partial charge in [0.15, 0.2) is 0 Å². The fraction of sp³-hybridized carbons (Fsp3) is 0.514. The first-order valence-corrected chi connectivity index (χ1v) is 16.7. The average molecular weight is 598 g/mol. The summed E-state index contributed by atoms with van der Waals surface area (Å²) in [6, 6.07) is 19.3. The zero-order valence-corrected chi connectivity index (χ0v) is 26.0. The van der Waals surface area contributed by atoms with E-state index >= 15 is 0 Å². The van der Waals surface area contributed by atoms with E-state index in [4.69, 9.17) is 4.74 Å². The Balaban J connectivity index is 1.20. The molecule has 2 aromatic carbocycles. The molecule has 2 saturated carbocycles. The van der Waals surface area contributed by atoms with Crippen molar-refractivity contribution in [3.05, 3.63) is 99.5 Å². The van der Waals surface area contributed by atoms with Crippen molar-refractivity contribution < 1.29 is 14.6 Å². The molecule has 1 amide bonds. The van der Waals surface area contributed by atoms with Gasteiger partial charge in [0.1, 0.15) is 11.4 Å². The molecule has 2 heterocycles. The molecular formula is C37H47N3O4. The van der Waals surface area contributed by atoms with Gasteiger partial charge in [-0.25, -0.2) is 0 Å². The zero-order valence-electron chi connectivity index (χ0n) is 26.0. The predicted molar refractivity (Wildman–Crippen MR) is 173 cm³/mol. The predicted octanol–water partition coefficient (Wildman–Crippen LogP) is 6.04. The number of aliphatic hydroxyl groups excluding tert-OH is 1. The van der Waals surface area contributed by atoms with E-state index in [1.165, 1.54) is 30.9 Å². The van der Waals surface area contributed by atoms with Crippen LogP contribution in [0.25, 0.3) is 0 Å². The highest BCUT2D eigenvalue weighted by atomic mass is 16.5. The van der Waals surface area contributed by atoms with Crippen LogP contribution < -0.4 is 20.9 Å². The van der Waals surface area contributed by atoms with Gasteiger partial charge in [-0.1, -0.05) is 68.7 Å². The summed E-state index contributed by atoms with van der Waals surface area (Å²) in [6.07, 6.45) is 13.0. The number of rotatable bonds is 10. The van der Waals surface area contributed by atoms with Gasteiger partial charge < -0.3 is 25.0 Å². The first-order valence-electron chi connectivity index (χ1n) is 16.7. The third-order valence-electron chi connectivity index (χ3n) is 10.1. The Morgan fingerprint density at radius 2 is 1.77 bits per heavy atom. The lowest BCUT2D eigenvalue weighted by Crippen LogP contribution is -2.50. The minimum atomic E-state index is -0.830. The normalized spacial score (nSPS) is 20.9. The van der Waals surface area contributed by atoms with Crippen LogP contribution in [0.5, 0.6) is 5.75 Å². The van der Waals surface area contributed by atoms with Gasteiger partial charge in [-0.2, -0.15) is 0 Å². The van der Waals surface area contributed by atoms with Crippen LogP contribution in [0.4, 0.5) is 0 Å². The number of hydrogen-bond donors (Lipinski definition) is 3. The molecular weight excluding hydrogens is 550 g/mol. The molecule has 1 spiro atoms. The third-order valence-corrected chi connectivity index (χ3v) is 10.1. The zero-order chi connectivity index (χ0) is 30.5. The first kappa shape index (κ1) is 30.6. The van der Waals surface area contributed by atoms with Crippen molar-refractivity contribution in [2.24, 2.45) is 0 Å². The molecule has 3 atom stereocenters. The van der Waals surface area contributed by atoms with Crippen LogP contribution in [-0.2, 0) is 12.8 Å². The molecule has 3 N–H and O–H groups in total. The van der Waals surface area contributed by atoms with Gasteiger partial charge in [-0.3, -0.25) is 9.59 Å². The summed E-state index contributed by atoms with van der Waals surface area (Å²) < 4.78 is 8.36. The maximum atomic E-state index is 13.6. The van der Waals surface area contributed by atoms with Crippen LogP contribution in [0.3, 0.4) is 0 Å². The molecule has 2 fully saturated rings. The highest BCUT2D eigenvalue weighted by Crippen LogP contribution is 2.47. The van der Waals surface area contributed by atoms with E-state index < -0.39 is 12.1 Å². The summed E-state index contributed by atoms with van der Waals surface area (Å²) in [5.74, 6) is 0.674. The van der Waals surface area contributed by atoms with E-state index in [-0.39, 0.29) is 29.2 Å². The average Bonchev–Trinajstić information content (AvgIpc) is 3.51. The largest absolute Gasteiger partial charge is 0.487 e. The van der Waals surface area contributed by atoms with E-state index in [1.54, 1.807) is 16.8 Å². The van der Waals surface area contributed by atoms with Crippen LogP contribution in [0.15, 0.2) is 71.7 Å². The summed E-state index contributed by atoms with van der Waals surface area (Å²) in [5, 5.41) is 18.5. The van der Waals surface area contributed by atoms with Crippen molar-refractivity contribution in [2.45, 2.75) is 114 Å². The lowest BCUT2D eigenvalue weighted by Gasteiger charge is -2.41. The van der Waals surface area contributed by atoms with Crippen molar-refractivity contribution in [2.75, 3.05) is 6.54 Å². The number of amides is 1. The second-order valence-electron chi connectivity index (χ2n) is 13.2. The van der Waals surface area contributed by atoms with Gasteiger partial charge in [-0.15, -0.1) is 0 Å². The number of aliphatic hydroxyl groups is 1. The molecule has 3 aliphatic rings. The molecule has 0 bridgehead atoms. The van der Waals surface area contributed by atoms with Gasteiger partial charge in [0, 0.05) is 42.9 Å². The van der Waals surface area contributed by atoms with E-state index in [0.717, 1.165) is 68.2 Å². The van der Waals surface area contributed by atoms with E-state index in [1.807, 2.05) is 30.3 Å². The van der Waals surface area contributed by atoms with E-state index in [2.05, 4.69) is 35.8 Å². The molecule has 0 radical (unpaired) electrons. The van der Waals surface area contributed by atoms with Crippen molar-refractivity contribution in [1.29, 1.82) is 0 Å². The molecule has 234 valence electrons. The number of aryl methyl sites for hydroxylation is 1. The fourth-order valence-corrected chi connectivity index (χ4v) is 7.54. The van der Waals surface area contributed by atoms with Crippen LogP contribution in [0, 0.1) is 0 Å². The Kier molecular flexibility index (Phi) is 9.53. The van der Waals surface area contributed by atoms with Gasteiger partial charge in [0.2, 0.25) is 0 Å². The number of fused-ring (bicyclic) bond motifs is 1. The molecule has 7 heteroatoms. The minimum Gasteiger partial charge on any atom is -0.487 e. The number of hydrogen-bond acceptors (Lipinski definition) is 5. The maximum Gasteiger partial charge on any atom is 0.253 e. The van der Waals surface area contributed by atoms with Gasteiger partial charge in [0.05, 0.1) is 17.7 Å². The van der Waals surface area contributed by atoms with Crippen LogP contribution in [0.1, 0.15) is 110 Å². The summed E-state index contributed by atoms with van der Waals surface area (Å²) in [4.78, 5) is 26.3. The standard InChI is InChI=1S/C37H47N3O4/c1-2-26-15-17-34-30(21-26)32(23-37(44-34)19-9-10-20-37)38-24-33(41)31(22-27-11-5-3-6-12-27)39-36(43)28-16-18-35(42)40(25-28)29-13-7-4-8-14-29/h3,5-6,11-12,15-18,21,25,29,31-33,38,41H,2,4,7-10,13-14,19-20,22-24H2,1H3,(H,39,43)/t31-,32-,33+/m0/s1.